The molecule has 0 aliphatic rings. The third-order valence-electron chi connectivity index (χ3n) is 2.88. The monoisotopic (exact) mass is 305 g/mol. The molecule has 0 aliphatic heterocycles. The number of amidine groups is 1. The van der Waals surface area contributed by atoms with Gasteiger partial charge in [0.1, 0.15) is 16.6 Å². The van der Waals surface area contributed by atoms with Crippen molar-refractivity contribution < 1.29 is 9.47 Å². The number of hydrogen-bond acceptors (Lipinski definition) is 4. The van der Waals surface area contributed by atoms with Crippen molar-refractivity contribution in [2.45, 2.75) is 6.42 Å². The zero-order valence-electron chi connectivity index (χ0n) is 11.6. The molecule has 1 aromatic carbocycles. The summed E-state index contributed by atoms with van der Waals surface area (Å²) >= 11 is 6.13. The number of nitrogens with zero attached hydrogens (tertiary/aromatic N) is 1. The first-order chi connectivity index (χ1) is 10.1. The summed E-state index contributed by atoms with van der Waals surface area (Å²) < 4.78 is 10.7. The highest BCUT2D eigenvalue weighted by atomic mass is 35.5. The van der Waals surface area contributed by atoms with E-state index in [0.29, 0.717) is 17.9 Å². The van der Waals surface area contributed by atoms with Crippen molar-refractivity contribution in [2.24, 2.45) is 5.73 Å². The number of nitrogens with two attached hydrogens (primary N) is 1. The molecule has 0 radical (unpaired) electrons. The molecule has 0 fully saturated rings. The Labute approximate surface area is 128 Å². The maximum Gasteiger partial charge on any atom is 0.238 e. The zero-order chi connectivity index (χ0) is 15.2. The van der Waals surface area contributed by atoms with Crippen molar-refractivity contribution in [1.82, 2.24) is 4.98 Å². The number of aromatic nitrogens is 1. The number of methoxy groups -OCH3 is 1. The fourth-order valence-corrected chi connectivity index (χ4v) is 2.01. The van der Waals surface area contributed by atoms with Gasteiger partial charge in [-0.2, -0.15) is 0 Å². The van der Waals surface area contributed by atoms with Crippen molar-refractivity contribution in [3.8, 4) is 11.6 Å². The van der Waals surface area contributed by atoms with Crippen LogP contribution in [0.5, 0.6) is 11.6 Å². The van der Waals surface area contributed by atoms with Gasteiger partial charge in [0.05, 0.1) is 6.61 Å². The summed E-state index contributed by atoms with van der Waals surface area (Å²) in [5.41, 5.74) is 7.00. The van der Waals surface area contributed by atoms with E-state index in [0.717, 1.165) is 12.0 Å². The minimum absolute atomic E-state index is 0.123. The second kappa shape index (κ2) is 7.06. The molecule has 1 heterocycles. The molecule has 110 valence electrons. The van der Waals surface area contributed by atoms with E-state index in [4.69, 9.17) is 32.2 Å². The number of benzene rings is 1. The molecule has 0 saturated carbocycles. The van der Waals surface area contributed by atoms with Crippen molar-refractivity contribution in [1.29, 1.82) is 5.41 Å². The first kappa shape index (κ1) is 15.3. The number of pyridine rings is 1. The lowest BCUT2D eigenvalue weighted by atomic mass is 10.1. The minimum atomic E-state index is -0.123. The van der Waals surface area contributed by atoms with Crippen molar-refractivity contribution in [2.75, 3.05) is 13.7 Å². The summed E-state index contributed by atoms with van der Waals surface area (Å²) in [5.74, 6) is 0.724. The highest BCUT2D eigenvalue weighted by molar-refractivity contribution is 6.35. The van der Waals surface area contributed by atoms with E-state index in [9.17, 15) is 0 Å². The first-order valence-corrected chi connectivity index (χ1v) is 6.74. The molecule has 3 N–H and O–H groups in total. The molecule has 0 atom stereocenters. The summed E-state index contributed by atoms with van der Waals surface area (Å²) in [4.78, 5) is 4.06. The predicted octanol–water partition coefficient (Wildman–Crippen LogP) is 3.00. The van der Waals surface area contributed by atoms with Gasteiger partial charge in [0, 0.05) is 18.9 Å². The van der Waals surface area contributed by atoms with Crippen LogP contribution in [0.3, 0.4) is 0 Å². The number of nitrogens with one attached hydrogen (secondary N) is 1. The molecule has 2 aromatic rings. The second-order valence-corrected chi connectivity index (χ2v) is 4.76. The van der Waals surface area contributed by atoms with Crippen molar-refractivity contribution in [3.05, 3.63) is 52.7 Å². The maximum absolute atomic E-state index is 7.44. The normalized spacial score (nSPS) is 10.4. The van der Waals surface area contributed by atoms with Crippen LogP contribution in [-0.2, 0) is 11.2 Å². The highest BCUT2D eigenvalue weighted by Crippen LogP contribution is 2.29. The first-order valence-electron chi connectivity index (χ1n) is 6.36. The number of ether oxygens (including phenoxy) is 2. The molecule has 6 heteroatoms. The highest BCUT2D eigenvalue weighted by Gasteiger charge is 2.11. The lowest BCUT2D eigenvalue weighted by molar-refractivity contribution is 0.202. The van der Waals surface area contributed by atoms with Gasteiger partial charge in [0.2, 0.25) is 5.88 Å². The van der Waals surface area contributed by atoms with E-state index in [1.54, 1.807) is 13.2 Å². The molecule has 0 aliphatic carbocycles. The van der Waals surface area contributed by atoms with Gasteiger partial charge in [-0.3, -0.25) is 5.41 Å². The molecule has 0 spiro atoms. The van der Waals surface area contributed by atoms with Crippen LogP contribution in [0.4, 0.5) is 0 Å². The molecule has 1 aromatic heterocycles. The summed E-state index contributed by atoms with van der Waals surface area (Å²) in [6, 6.07) is 9.16. The molecule has 2 rings (SSSR count). The Kier molecular flexibility index (Phi) is 5.14. The van der Waals surface area contributed by atoms with Crippen LogP contribution in [0.1, 0.15) is 11.1 Å². The quantitative estimate of drug-likeness (QED) is 0.635. The summed E-state index contributed by atoms with van der Waals surface area (Å²) in [6.45, 7) is 0.675. The Morgan fingerprint density at radius 2 is 2.00 bits per heavy atom. The van der Waals surface area contributed by atoms with Gasteiger partial charge >= 0.3 is 0 Å². The molecule has 0 unspecified atom stereocenters. The van der Waals surface area contributed by atoms with Crippen LogP contribution in [-0.4, -0.2) is 24.5 Å². The zero-order valence-corrected chi connectivity index (χ0v) is 12.4. The summed E-state index contributed by atoms with van der Waals surface area (Å²) in [5, 5.41) is 7.67. The SMILES string of the molecule is COCCc1ccc(Oc2nccc(C(=N)N)c2Cl)cc1. The van der Waals surface area contributed by atoms with E-state index in [1.807, 2.05) is 24.3 Å². The van der Waals surface area contributed by atoms with Crippen LogP contribution in [0.2, 0.25) is 5.02 Å². The van der Waals surface area contributed by atoms with Gasteiger partial charge < -0.3 is 15.2 Å². The fourth-order valence-electron chi connectivity index (χ4n) is 1.76. The van der Waals surface area contributed by atoms with E-state index < -0.39 is 0 Å². The molecule has 5 nitrogen and oxygen atoms in total. The maximum atomic E-state index is 7.44. The van der Waals surface area contributed by atoms with E-state index in [-0.39, 0.29) is 16.7 Å². The van der Waals surface area contributed by atoms with Gasteiger partial charge in [0.15, 0.2) is 0 Å². The summed E-state index contributed by atoms with van der Waals surface area (Å²) in [7, 11) is 1.67. The fraction of sp³-hybridized carbons (Fsp3) is 0.200. The van der Waals surface area contributed by atoms with E-state index in [2.05, 4.69) is 4.98 Å². The minimum Gasteiger partial charge on any atom is -0.438 e. The van der Waals surface area contributed by atoms with Crippen LogP contribution < -0.4 is 10.5 Å². The molecular weight excluding hydrogens is 290 g/mol. The Morgan fingerprint density at radius 1 is 1.29 bits per heavy atom. The van der Waals surface area contributed by atoms with Gasteiger partial charge in [-0.15, -0.1) is 0 Å². The predicted molar refractivity (Wildman–Crippen MR) is 82.4 cm³/mol. The van der Waals surface area contributed by atoms with Crippen molar-refractivity contribution in [3.63, 3.8) is 0 Å². The van der Waals surface area contributed by atoms with Gasteiger partial charge in [-0.25, -0.2) is 4.98 Å². The Bertz CT molecular complexity index is 629. The number of nitrogen functional groups attached to an aromatic ring is 1. The average molecular weight is 306 g/mol. The molecule has 0 bridgehead atoms. The Morgan fingerprint density at radius 3 is 2.62 bits per heavy atom. The van der Waals surface area contributed by atoms with Crippen LogP contribution >= 0.6 is 11.6 Å². The van der Waals surface area contributed by atoms with Crippen LogP contribution in [0, 0.1) is 5.41 Å². The third-order valence-corrected chi connectivity index (χ3v) is 3.25. The molecule has 21 heavy (non-hydrogen) atoms. The standard InChI is InChI=1S/C15H16ClN3O2/c1-20-9-7-10-2-4-11(5-3-10)21-15-13(16)12(14(17)18)6-8-19-15/h2-6,8H,7,9H2,1H3,(H3,17,18). The third kappa shape index (κ3) is 3.93. The smallest absolute Gasteiger partial charge is 0.238 e. The van der Waals surface area contributed by atoms with Crippen LogP contribution in [0.15, 0.2) is 36.5 Å². The lowest BCUT2D eigenvalue weighted by Crippen LogP contribution is -2.12. The summed E-state index contributed by atoms with van der Waals surface area (Å²) in [6.07, 6.45) is 2.35. The van der Waals surface area contributed by atoms with Gasteiger partial charge in [0.25, 0.3) is 0 Å². The van der Waals surface area contributed by atoms with Crippen LogP contribution in [0.25, 0.3) is 0 Å². The molecular formula is C15H16ClN3O2. The Hall–Kier alpha value is -2.11. The van der Waals surface area contributed by atoms with E-state index in [1.165, 1.54) is 6.20 Å². The lowest BCUT2D eigenvalue weighted by Gasteiger charge is -2.09. The van der Waals surface area contributed by atoms with Gasteiger partial charge in [-0.1, -0.05) is 23.7 Å². The largest absolute Gasteiger partial charge is 0.438 e. The molecule has 0 amide bonds. The number of hydrogen-bond donors (Lipinski definition) is 2. The van der Waals surface area contributed by atoms with Gasteiger partial charge in [-0.05, 0) is 30.2 Å². The average Bonchev–Trinajstić information content (AvgIpc) is 2.48. The second-order valence-electron chi connectivity index (χ2n) is 4.38. The number of halogens is 1. The number of rotatable bonds is 6. The Balaban J connectivity index is 2.15. The van der Waals surface area contributed by atoms with E-state index >= 15 is 0 Å². The topological polar surface area (TPSA) is 81.2 Å². The van der Waals surface area contributed by atoms with Crippen molar-refractivity contribution >= 4 is 17.4 Å². The molecule has 0 saturated heterocycles.